The topological polar surface area (TPSA) is 72.6 Å². The number of halogens is 1. The van der Waals surface area contributed by atoms with E-state index in [2.05, 4.69) is 13.8 Å². The van der Waals surface area contributed by atoms with Crippen LogP contribution in [0, 0.1) is 10.1 Å². The lowest BCUT2D eigenvalue weighted by Crippen LogP contribution is -2.03. The molecule has 0 aliphatic rings. The van der Waals surface area contributed by atoms with Gasteiger partial charge in [0.15, 0.2) is 0 Å². The Labute approximate surface area is 158 Å². The van der Waals surface area contributed by atoms with Crippen LogP contribution in [-0.4, -0.2) is 16.6 Å². The average molecular weight is 378 g/mol. The Morgan fingerprint density at radius 1 is 1.15 bits per heavy atom. The fourth-order valence-electron chi connectivity index (χ4n) is 2.86. The Balaban J connectivity index is 2.69. The summed E-state index contributed by atoms with van der Waals surface area (Å²) in [5.41, 5.74) is 1.68. The molecule has 0 radical (unpaired) electrons. The number of nitrogens with zero attached hydrogens (tertiary/aromatic N) is 1. The largest absolute Gasteiger partial charge is 0.508 e. The van der Waals surface area contributed by atoms with Crippen LogP contribution in [0.1, 0.15) is 45.1 Å². The zero-order valence-corrected chi connectivity index (χ0v) is 15.9. The minimum absolute atomic E-state index is 0.0683. The summed E-state index contributed by atoms with van der Waals surface area (Å²) in [6.45, 7) is 4.59. The van der Waals surface area contributed by atoms with Crippen LogP contribution in [0.25, 0.3) is 11.1 Å². The van der Waals surface area contributed by atoms with Crippen molar-refractivity contribution in [3.63, 3.8) is 0 Å². The van der Waals surface area contributed by atoms with Crippen molar-refractivity contribution >= 4 is 17.3 Å². The Bertz CT molecular complexity index is 777. The monoisotopic (exact) mass is 377 g/mol. The second-order valence-corrected chi connectivity index (χ2v) is 6.58. The molecular weight excluding hydrogens is 354 g/mol. The Kier molecular flexibility index (Phi) is 7.27. The summed E-state index contributed by atoms with van der Waals surface area (Å²) in [5.74, 6) is 0.516. The standard InChI is InChI=1S/C20H24ClNO4/c1-3-5-8-14-12-15(23)13-18(26-11-6-4-2)19(14)20-16(21)9-7-10-17(20)22(24)25/h7,9-10,12-13,23H,3-6,8,11H2,1-2H3. The van der Waals surface area contributed by atoms with Gasteiger partial charge in [-0.15, -0.1) is 0 Å². The van der Waals surface area contributed by atoms with Gasteiger partial charge in [-0.3, -0.25) is 10.1 Å². The van der Waals surface area contributed by atoms with Crippen molar-refractivity contribution in [1.82, 2.24) is 0 Å². The molecule has 0 unspecified atom stereocenters. The van der Waals surface area contributed by atoms with E-state index in [0.717, 1.165) is 31.2 Å². The molecule has 0 atom stereocenters. The van der Waals surface area contributed by atoms with E-state index in [0.29, 0.717) is 34.9 Å². The first-order valence-electron chi connectivity index (χ1n) is 8.91. The van der Waals surface area contributed by atoms with Crippen LogP contribution in [0.15, 0.2) is 30.3 Å². The molecule has 0 spiro atoms. The molecule has 0 bridgehead atoms. The zero-order chi connectivity index (χ0) is 19.1. The Morgan fingerprint density at radius 2 is 1.88 bits per heavy atom. The summed E-state index contributed by atoms with van der Waals surface area (Å²) in [6, 6.07) is 7.79. The van der Waals surface area contributed by atoms with Crippen LogP contribution in [0.5, 0.6) is 11.5 Å². The van der Waals surface area contributed by atoms with E-state index >= 15 is 0 Å². The van der Waals surface area contributed by atoms with Crippen molar-refractivity contribution < 1.29 is 14.8 Å². The van der Waals surface area contributed by atoms with Crippen LogP contribution in [-0.2, 0) is 6.42 Å². The van der Waals surface area contributed by atoms with Gasteiger partial charge in [0.25, 0.3) is 5.69 Å². The van der Waals surface area contributed by atoms with Gasteiger partial charge in [0.1, 0.15) is 11.5 Å². The summed E-state index contributed by atoms with van der Waals surface area (Å²) in [7, 11) is 0. The highest BCUT2D eigenvalue weighted by Crippen LogP contribution is 2.45. The molecule has 2 aromatic rings. The molecule has 0 aromatic heterocycles. The lowest BCUT2D eigenvalue weighted by atomic mass is 9.93. The van der Waals surface area contributed by atoms with Gasteiger partial charge < -0.3 is 9.84 Å². The molecule has 26 heavy (non-hydrogen) atoms. The van der Waals surface area contributed by atoms with Crippen molar-refractivity contribution in [3.8, 4) is 22.6 Å². The summed E-state index contributed by atoms with van der Waals surface area (Å²) in [5, 5.41) is 22.0. The van der Waals surface area contributed by atoms with Crippen LogP contribution in [0.2, 0.25) is 5.02 Å². The third-order valence-corrected chi connectivity index (χ3v) is 4.48. The number of nitro groups is 1. The van der Waals surface area contributed by atoms with Gasteiger partial charge in [-0.05, 0) is 37.0 Å². The number of rotatable bonds is 9. The number of unbranched alkanes of at least 4 members (excludes halogenated alkanes) is 2. The molecule has 6 heteroatoms. The Hall–Kier alpha value is -2.27. The maximum absolute atomic E-state index is 11.6. The molecule has 140 valence electrons. The Morgan fingerprint density at radius 3 is 2.54 bits per heavy atom. The van der Waals surface area contributed by atoms with Crippen LogP contribution >= 0.6 is 11.6 Å². The molecule has 0 saturated heterocycles. The van der Waals surface area contributed by atoms with Gasteiger partial charge in [-0.1, -0.05) is 44.4 Å². The first kappa shape index (κ1) is 20.0. The summed E-state index contributed by atoms with van der Waals surface area (Å²) in [6.07, 6.45) is 4.34. The quantitative estimate of drug-likeness (QED) is 0.323. The molecule has 0 amide bonds. The molecule has 2 aromatic carbocycles. The van der Waals surface area contributed by atoms with Gasteiger partial charge in [0.05, 0.1) is 22.1 Å². The second kappa shape index (κ2) is 9.43. The number of hydrogen-bond acceptors (Lipinski definition) is 4. The minimum Gasteiger partial charge on any atom is -0.508 e. The number of phenols is 1. The number of aromatic hydroxyl groups is 1. The van der Waals surface area contributed by atoms with Gasteiger partial charge >= 0.3 is 0 Å². The third kappa shape index (κ3) is 4.67. The number of ether oxygens (including phenoxy) is 1. The van der Waals surface area contributed by atoms with Crippen LogP contribution in [0.3, 0.4) is 0 Å². The highest BCUT2D eigenvalue weighted by atomic mass is 35.5. The molecule has 2 rings (SSSR count). The zero-order valence-electron chi connectivity index (χ0n) is 15.1. The fourth-order valence-corrected chi connectivity index (χ4v) is 3.12. The smallest absolute Gasteiger partial charge is 0.278 e. The van der Waals surface area contributed by atoms with Crippen molar-refractivity contribution in [2.45, 2.75) is 46.0 Å². The number of phenolic OH excluding ortho intramolecular Hbond substituents is 1. The summed E-state index contributed by atoms with van der Waals surface area (Å²) >= 11 is 6.36. The number of aryl methyl sites for hydroxylation is 1. The van der Waals surface area contributed by atoms with Gasteiger partial charge in [-0.25, -0.2) is 0 Å². The predicted molar refractivity (Wildman–Crippen MR) is 104 cm³/mol. The number of benzene rings is 2. The van der Waals surface area contributed by atoms with E-state index in [1.807, 2.05) is 0 Å². The maximum atomic E-state index is 11.6. The van der Waals surface area contributed by atoms with Crippen molar-refractivity contribution in [1.29, 1.82) is 0 Å². The minimum atomic E-state index is -0.437. The van der Waals surface area contributed by atoms with E-state index in [1.165, 1.54) is 12.1 Å². The van der Waals surface area contributed by atoms with Crippen molar-refractivity contribution in [3.05, 3.63) is 51.0 Å². The molecule has 0 heterocycles. The lowest BCUT2D eigenvalue weighted by molar-refractivity contribution is -0.384. The van der Waals surface area contributed by atoms with Gasteiger partial charge in [0, 0.05) is 17.7 Å². The average Bonchev–Trinajstić information content (AvgIpc) is 2.60. The maximum Gasteiger partial charge on any atom is 0.278 e. The first-order chi connectivity index (χ1) is 12.5. The molecule has 5 nitrogen and oxygen atoms in total. The van der Waals surface area contributed by atoms with Gasteiger partial charge in [-0.2, -0.15) is 0 Å². The molecule has 0 aliphatic carbocycles. The fraction of sp³-hybridized carbons (Fsp3) is 0.400. The highest BCUT2D eigenvalue weighted by molar-refractivity contribution is 6.34. The third-order valence-electron chi connectivity index (χ3n) is 4.16. The summed E-state index contributed by atoms with van der Waals surface area (Å²) < 4.78 is 5.88. The van der Waals surface area contributed by atoms with E-state index < -0.39 is 4.92 Å². The van der Waals surface area contributed by atoms with Gasteiger partial charge in [0.2, 0.25) is 0 Å². The first-order valence-corrected chi connectivity index (χ1v) is 9.29. The van der Waals surface area contributed by atoms with Crippen molar-refractivity contribution in [2.24, 2.45) is 0 Å². The molecule has 0 fully saturated rings. The molecular formula is C20H24ClNO4. The molecule has 0 aliphatic heterocycles. The molecule has 1 N–H and O–H groups in total. The predicted octanol–water partition coefficient (Wildman–Crippen LogP) is 6.14. The van der Waals surface area contributed by atoms with E-state index in [9.17, 15) is 15.2 Å². The highest BCUT2D eigenvalue weighted by Gasteiger charge is 2.25. The lowest BCUT2D eigenvalue weighted by Gasteiger charge is -2.18. The van der Waals surface area contributed by atoms with Crippen LogP contribution in [0.4, 0.5) is 5.69 Å². The number of nitro benzene ring substituents is 1. The van der Waals surface area contributed by atoms with E-state index in [4.69, 9.17) is 16.3 Å². The SMILES string of the molecule is CCCCOc1cc(O)cc(CCCC)c1-c1c(Cl)cccc1[N+](=O)[O-]. The van der Waals surface area contributed by atoms with Crippen molar-refractivity contribution in [2.75, 3.05) is 6.61 Å². The molecule has 0 saturated carbocycles. The number of hydrogen-bond donors (Lipinski definition) is 1. The van der Waals surface area contributed by atoms with E-state index in [-0.39, 0.29) is 11.4 Å². The van der Waals surface area contributed by atoms with E-state index in [1.54, 1.807) is 18.2 Å². The summed E-state index contributed by atoms with van der Waals surface area (Å²) in [4.78, 5) is 11.1. The normalized spacial score (nSPS) is 10.7. The second-order valence-electron chi connectivity index (χ2n) is 6.17. The van der Waals surface area contributed by atoms with Crippen LogP contribution < -0.4 is 4.74 Å².